The van der Waals surface area contributed by atoms with Gasteiger partial charge in [0, 0.05) is 37.5 Å². The number of nitrogens with zero attached hydrogens (tertiary/aromatic N) is 4. The minimum atomic E-state index is -0.453. The van der Waals surface area contributed by atoms with Gasteiger partial charge in [-0.25, -0.2) is 4.98 Å². The van der Waals surface area contributed by atoms with Crippen molar-refractivity contribution >= 4 is 11.9 Å². The summed E-state index contributed by atoms with van der Waals surface area (Å²) in [6.45, 7) is 5.45. The molecule has 27 heavy (non-hydrogen) atoms. The number of aryl methyl sites for hydroxylation is 2. The van der Waals surface area contributed by atoms with Crippen LogP contribution in [-0.2, 0) is 27.3 Å². The van der Waals surface area contributed by atoms with Crippen molar-refractivity contribution in [2.45, 2.75) is 52.2 Å². The molecule has 2 saturated heterocycles. The third-order valence-corrected chi connectivity index (χ3v) is 5.88. The highest BCUT2D eigenvalue weighted by atomic mass is 16.6. The average molecular weight is 372 g/mol. The number of carbonyl (C=O) groups excluding carboxylic acids is 2. The maximum atomic E-state index is 12.7. The number of amides is 1. The molecule has 4 heterocycles. The van der Waals surface area contributed by atoms with Gasteiger partial charge in [-0.05, 0) is 26.7 Å². The summed E-state index contributed by atoms with van der Waals surface area (Å²) >= 11 is 0. The van der Waals surface area contributed by atoms with Crippen molar-refractivity contribution in [3.63, 3.8) is 0 Å². The van der Waals surface area contributed by atoms with E-state index in [1.165, 1.54) is 0 Å². The van der Waals surface area contributed by atoms with Gasteiger partial charge >= 0.3 is 5.97 Å². The Morgan fingerprint density at radius 1 is 1.33 bits per heavy atom. The molecule has 1 spiro atoms. The van der Waals surface area contributed by atoms with E-state index in [9.17, 15) is 9.59 Å². The summed E-state index contributed by atoms with van der Waals surface area (Å²) in [5.41, 5.74) is 1.17. The molecule has 8 nitrogen and oxygen atoms in total. The van der Waals surface area contributed by atoms with E-state index in [2.05, 4.69) is 10.1 Å². The molecule has 1 amide bonds. The van der Waals surface area contributed by atoms with Crippen LogP contribution in [0.15, 0.2) is 23.2 Å². The molecule has 0 N–H and O–H groups in total. The molecule has 0 saturated carbocycles. The predicted molar refractivity (Wildman–Crippen MR) is 94.7 cm³/mol. The Bertz CT molecular complexity index is 815. The fourth-order valence-electron chi connectivity index (χ4n) is 4.18. The van der Waals surface area contributed by atoms with Crippen molar-refractivity contribution in [3.05, 3.63) is 35.7 Å². The Kier molecular flexibility index (Phi) is 4.49. The number of esters is 1. The van der Waals surface area contributed by atoms with E-state index in [1.807, 2.05) is 29.5 Å². The second-order valence-electron chi connectivity index (χ2n) is 7.63. The SMILES string of the molecule is Cc1noc(C)c1CC(=O)N1CCC2(CC1)CC(Cn1ccnc1)OC2=O. The van der Waals surface area contributed by atoms with Crippen molar-refractivity contribution in [2.24, 2.45) is 5.41 Å². The highest BCUT2D eigenvalue weighted by molar-refractivity contribution is 5.81. The minimum Gasteiger partial charge on any atom is -0.460 e. The highest BCUT2D eigenvalue weighted by Crippen LogP contribution is 2.43. The quantitative estimate of drug-likeness (QED) is 0.758. The largest absolute Gasteiger partial charge is 0.460 e. The number of piperidine rings is 1. The Labute approximate surface area is 157 Å². The predicted octanol–water partition coefficient (Wildman–Crippen LogP) is 1.65. The second-order valence-corrected chi connectivity index (χ2v) is 7.63. The Hall–Kier alpha value is -2.64. The summed E-state index contributed by atoms with van der Waals surface area (Å²) in [7, 11) is 0. The number of hydrogen-bond acceptors (Lipinski definition) is 6. The van der Waals surface area contributed by atoms with E-state index in [4.69, 9.17) is 9.26 Å². The molecule has 0 bridgehead atoms. The van der Waals surface area contributed by atoms with Crippen molar-refractivity contribution in [1.82, 2.24) is 19.6 Å². The van der Waals surface area contributed by atoms with Gasteiger partial charge in [0.25, 0.3) is 0 Å². The summed E-state index contributed by atoms with van der Waals surface area (Å²) in [6.07, 6.45) is 7.49. The number of rotatable bonds is 4. The van der Waals surface area contributed by atoms with Crippen LogP contribution in [0.1, 0.15) is 36.3 Å². The van der Waals surface area contributed by atoms with Crippen LogP contribution in [0.4, 0.5) is 0 Å². The molecule has 2 aromatic heterocycles. The van der Waals surface area contributed by atoms with Crippen molar-refractivity contribution in [1.29, 1.82) is 0 Å². The first-order chi connectivity index (χ1) is 13.0. The second kappa shape index (κ2) is 6.83. The van der Waals surface area contributed by atoms with Crippen LogP contribution in [0.5, 0.6) is 0 Å². The van der Waals surface area contributed by atoms with Gasteiger partial charge in [0.15, 0.2) is 0 Å². The highest BCUT2D eigenvalue weighted by Gasteiger charge is 2.50. The number of aromatic nitrogens is 3. The van der Waals surface area contributed by atoms with Gasteiger partial charge < -0.3 is 18.7 Å². The topological polar surface area (TPSA) is 90.5 Å². The Balaban J connectivity index is 1.35. The number of cyclic esters (lactones) is 1. The molecule has 1 atom stereocenters. The maximum Gasteiger partial charge on any atom is 0.312 e. The summed E-state index contributed by atoms with van der Waals surface area (Å²) in [6, 6.07) is 0. The van der Waals surface area contributed by atoms with E-state index < -0.39 is 5.41 Å². The third kappa shape index (κ3) is 3.36. The lowest BCUT2D eigenvalue weighted by Crippen LogP contribution is -2.45. The molecule has 0 aliphatic carbocycles. The zero-order valence-corrected chi connectivity index (χ0v) is 15.7. The van der Waals surface area contributed by atoms with Crippen LogP contribution in [0.2, 0.25) is 0 Å². The smallest absolute Gasteiger partial charge is 0.312 e. The molecule has 0 radical (unpaired) electrons. The van der Waals surface area contributed by atoms with Crippen LogP contribution in [0, 0.1) is 19.3 Å². The van der Waals surface area contributed by atoms with Gasteiger partial charge in [0.1, 0.15) is 11.9 Å². The van der Waals surface area contributed by atoms with Gasteiger partial charge in [-0.1, -0.05) is 5.16 Å². The van der Waals surface area contributed by atoms with Gasteiger partial charge in [-0.2, -0.15) is 0 Å². The zero-order chi connectivity index (χ0) is 19.0. The van der Waals surface area contributed by atoms with E-state index in [1.54, 1.807) is 12.5 Å². The van der Waals surface area contributed by atoms with Crippen molar-refractivity contribution in [2.75, 3.05) is 13.1 Å². The molecule has 4 rings (SSSR count). The molecular formula is C19H24N4O4. The van der Waals surface area contributed by atoms with Crippen LogP contribution in [0.3, 0.4) is 0 Å². The minimum absolute atomic E-state index is 0.0561. The van der Waals surface area contributed by atoms with Crippen LogP contribution in [-0.4, -0.2) is 50.7 Å². The molecular weight excluding hydrogens is 348 g/mol. The summed E-state index contributed by atoms with van der Waals surface area (Å²) < 4.78 is 12.7. The lowest BCUT2D eigenvalue weighted by Gasteiger charge is -2.36. The lowest BCUT2D eigenvalue weighted by atomic mass is 9.76. The van der Waals surface area contributed by atoms with Crippen LogP contribution in [0.25, 0.3) is 0 Å². The molecule has 2 aliphatic rings. The molecule has 1 unspecified atom stereocenters. The molecule has 8 heteroatoms. The molecule has 2 fully saturated rings. The standard InChI is InChI=1S/C19H24N4O4/c1-13-16(14(2)27-21-13)9-17(24)23-6-3-19(4-7-23)10-15(26-18(19)25)11-22-8-5-20-12-22/h5,8,12,15H,3-4,6-7,9-11H2,1-2H3. The van der Waals surface area contributed by atoms with Gasteiger partial charge in [-0.15, -0.1) is 0 Å². The first-order valence-electron chi connectivity index (χ1n) is 9.33. The van der Waals surface area contributed by atoms with Gasteiger partial charge in [0.05, 0.1) is 30.4 Å². The number of likely N-dealkylation sites (tertiary alicyclic amines) is 1. The lowest BCUT2D eigenvalue weighted by molar-refractivity contribution is -0.152. The first-order valence-corrected chi connectivity index (χ1v) is 9.33. The molecule has 0 aromatic carbocycles. The monoisotopic (exact) mass is 372 g/mol. The van der Waals surface area contributed by atoms with E-state index >= 15 is 0 Å². The third-order valence-electron chi connectivity index (χ3n) is 5.88. The van der Waals surface area contributed by atoms with E-state index in [0.29, 0.717) is 51.1 Å². The first kappa shape index (κ1) is 17.8. The number of imidazole rings is 1. The molecule has 2 aliphatic heterocycles. The number of ether oxygens (including phenoxy) is 1. The zero-order valence-electron chi connectivity index (χ0n) is 15.7. The van der Waals surface area contributed by atoms with E-state index in [-0.39, 0.29) is 18.0 Å². The Morgan fingerprint density at radius 3 is 2.74 bits per heavy atom. The number of carbonyl (C=O) groups is 2. The van der Waals surface area contributed by atoms with Crippen molar-refractivity contribution in [3.8, 4) is 0 Å². The molecule has 2 aromatic rings. The van der Waals surface area contributed by atoms with Gasteiger partial charge in [-0.3, -0.25) is 9.59 Å². The van der Waals surface area contributed by atoms with Gasteiger partial charge in [0.2, 0.25) is 5.91 Å². The van der Waals surface area contributed by atoms with Crippen molar-refractivity contribution < 1.29 is 18.8 Å². The van der Waals surface area contributed by atoms with E-state index in [0.717, 1.165) is 11.3 Å². The summed E-state index contributed by atoms with van der Waals surface area (Å²) in [4.78, 5) is 31.1. The van der Waals surface area contributed by atoms with Crippen LogP contribution >= 0.6 is 0 Å². The summed E-state index contributed by atoms with van der Waals surface area (Å²) in [5, 5.41) is 3.91. The fraction of sp³-hybridized carbons (Fsp3) is 0.579. The number of hydrogen-bond donors (Lipinski definition) is 0. The average Bonchev–Trinajstić information content (AvgIpc) is 3.34. The fourth-order valence-corrected chi connectivity index (χ4v) is 4.18. The molecule has 144 valence electrons. The normalized spacial score (nSPS) is 21.6. The Morgan fingerprint density at radius 2 is 2.11 bits per heavy atom. The van der Waals surface area contributed by atoms with Crippen LogP contribution < -0.4 is 0 Å². The summed E-state index contributed by atoms with van der Waals surface area (Å²) in [5.74, 6) is 0.627. The maximum absolute atomic E-state index is 12.7.